The first-order valence-corrected chi connectivity index (χ1v) is 13.1. The maximum absolute atomic E-state index is 12.6. The van der Waals surface area contributed by atoms with Gasteiger partial charge in [-0.15, -0.1) is 10.2 Å². The molecule has 0 aliphatic carbocycles. The third-order valence-electron chi connectivity index (χ3n) is 4.82. The molecule has 0 unspecified atom stereocenters. The van der Waals surface area contributed by atoms with Crippen molar-refractivity contribution in [2.45, 2.75) is 23.9 Å². The van der Waals surface area contributed by atoms with Gasteiger partial charge in [0.15, 0.2) is 11.0 Å². The zero-order valence-electron chi connectivity index (χ0n) is 18.9. The monoisotopic (exact) mass is 585 g/mol. The van der Waals surface area contributed by atoms with Gasteiger partial charge >= 0.3 is 5.00 Å². The number of hydrazone groups is 1. The van der Waals surface area contributed by atoms with Gasteiger partial charge in [-0.05, 0) is 49.4 Å². The standard InChI is InChI=1S/C23H20BrN7O3S2/c1-15(22(32)28-26-13-19-11-12-21(36-19)31(33)34)35-23-29-27-20(30(23)18-5-3-2-4-6-18)14-25-17-9-7-16(24)8-10-17/h2-13,15,25H,14H2,1H3,(H,28,32)/b26-13-/t15-/m1/s1. The number of thiophene rings is 1. The minimum Gasteiger partial charge on any atom is -0.378 e. The normalized spacial score (nSPS) is 11.9. The molecule has 2 aromatic heterocycles. The van der Waals surface area contributed by atoms with Gasteiger partial charge in [0.05, 0.1) is 27.8 Å². The number of thioether (sulfide) groups is 1. The molecule has 0 spiro atoms. The molecule has 4 rings (SSSR count). The summed E-state index contributed by atoms with van der Waals surface area (Å²) in [5.41, 5.74) is 4.30. The Labute approximate surface area is 223 Å². The van der Waals surface area contributed by atoms with Crippen LogP contribution in [0.2, 0.25) is 0 Å². The molecule has 0 fully saturated rings. The zero-order valence-corrected chi connectivity index (χ0v) is 22.1. The van der Waals surface area contributed by atoms with Crippen LogP contribution in [0.25, 0.3) is 5.69 Å². The summed E-state index contributed by atoms with van der Waals surface area (Å²) < 4.78 is 2.90. The van der Waals surface area contributed by atoms with Crippen LogP contribution >= 0.6 is 39.0 Å². The molecule has 1 amide bonds. The first-order valence-electron chi connectivity index (χ1n) is 10.6. The fourth-order valence-electron chi connectivity index (χ4n) is 3.05. The van der Waals surface area contributed by atoms with E-state index in [-0.39, 0.29) is 10.9 Å². The molecule has 0 aliphatic heterocycles. The first-order chi connectivity index (χ1) is 17.4. The minimum atomic E-state index is -0.529. The van der Waals surface area contributed by atoms with Crippen LogP contribution < -0.4 is 10.7 Å². The fourth-order valence-corrected chi connectivity index (χ4v) is 4.89. The molecule has 0 aliphatic rings. The second-order valence-corrected chi connectivity index (χ2v) is 10.7. The molecule has 4 aromatic rings. The van der Waals surface area contributed by atoms with Crippen molar-refractivity contribution in [3.63, 3.8) is 0 Å². The van der Waals surface area contributed by atoms with Crippen molar-refractivity contribution in [1.82, 2.24) is 20.2 Å². The van der Waals surface area contributed by atoms with E-state index < -0.39 is 10.2 Å². The van der Waals surface area contributed by atoms with Crippen LogP contribution in [0.1, 0.15) is 17.6 Å². The number of anilines is 1. The van der Waals surface area contributed by atoms with E-state index in [4.69, 9.17) is 0 Å². The topological polar surface area (TPSA) is 127 Å². The molecule has 184 valence electrons. The Morgan fingerprint density at radius 2 is 1.94 bits per heavy atom. The van der Waals surface area contributed by atoms with Gasteiger partial charge in [-0.2, -0.15) is 5.10 Å². The van der Waals surface area contributed by atoms with E-state index in [0.717, 1.165) is 27.2 Å². The molecule has 2 aromatic carbocycles. The second kappa shape index (κ2) is 11.9. The van der Waals surface area contributed by atoms with Crippen molar-refractivity contribution in [2.24, 2.45) is 5.10 Å². The second-order valence-electron chi connectivity index (χ2n) is 7.36. The van der Waals surface area contributed by atoms with E-state index in [1.807, 2.05) is 59.2 Å². The number of carbonyl (C=O) groups excluding carboxylic acids is 1. The lowest BCUT2D eigenvalue weighted by molar-refractivity contribution is -0.380. The molecule has 13 heteroatoms. The van der Waals surface area contributed by atoms with E-state index in [1.54, 1.807) is 13.0 Å². The number of hydrogen-bond donors (Lipinski definition) is 2. The molecule has 0 radical (unpaired) electrons. The highest BCUT2D eigenvalue weighted by molar-refractivity contribution is 9.10. The van der Waals surface area contributed by atoms with Crippen LogP contribution in [0.3, 0.4) is 0 Å². The summed E-state index contributed by atoms with van der Waals surface area (Å²) in [6.45, 7) is 2.18. The molecule has 2 N–H and O–H groups in total. The molecular weight excluding hydrogens is 566 g/mol. The third-order valence-corrected chi connectivity index (χ3v) is 7.36. The lowest BCUT2D eigenvalue weighted by Crippen LogP contribution is -2.27. The van der Waals surface area contributed by atoms with Crippen molar-refractivity contribution in [3.8, 4) is 5.69 Å². The van der Waals surface area contributed by atoms with E-state index in [0.29, 0.717) is 22.4 Å². The van der Waals surface area contributed by atoms with Crippen molar-refractivity contribution in [2.75, 3.05) is 5.32 Å². The van der Waals surface area contributed by atoms with Gasteiger partial charge in [0, 0.05) is 21.9 Å². The fraction of sp³-hybridized carbons (Fsp3) is 0.130. The molecule has 1 atom stereocenters. The van der Waals surface area contributed by atoms with Crippen molar-refractivity contribution in [3.05, 3.63) is 92.0 Å². The summed E-state index contributed by atoms with van der Waals surface area (Å²) in [7, 11) is 0. The quantitative estimate of drug-likeness (QED) is 0.113. The molecule has 2 heterocycles. The number of hydrogen-bond acceptors (Lipinski definition) is 9. The van der Waals surface area contributed by atoms with Crippen molar-refractivity contribution in [1.29, 1.82) is 0 Å². The summed E-state index contributed by atoms with van der Waals surface area (Å²) in [5.74, 6) is 0.357. The summed E-state index contributed by atoms with van der Waals surface area (Å²) >= 11 is 5.66. The van der Waals surface area contributed by atoms with Gasteiger partial charge in [-0.3, -0.25) is 19.5 Å². The zero-order chi connectivity index (χ0) is 25.5. The third kappa shape index (κ3) is 6.56. The van der Waals surface area contributed by atoms with Crippen molar-refractivity contribution < 1.29 is 9.72 Å². The van der Waals surface area contributed by atoms with Gasteiger partial charge in [-0.25, -0.2) is 5.43 Å². The van der Waals surface area contributed by atoms with E-state index in [1.165, 1.54) is 24.0 Å². The van der Waals surface area contributed by atoms with Crippen LogP contribution in [0.5, 0.6) is 0 Å². The van der Waals surface area contributed by atoms with Gasteiger partial charge in [0.2, 0.25) is 0 Å². The summed E-state index contributed by atoms with van der Waals surface area (Å²) in [4.78, 5) is 23.5. The van der Waals surface area contributed by atoms with Crippen molar-refractivity contribution >= 4 is 61.8 Å². The number of benzene rings is 2. The van der Waals surface area contributed by atoms with Gasteiger partial charge < -0.3 is 5.32 Å². The lowest BCUT2D eigenvalue weighted by atomic mass is 10.3. The van der Waals surface area contributed by atoms with E-state index in [9.17, 15) is 14.9 Å². The highest BCUT2D eigenvalue weighted by Crippen LogP contribution is 2.27. The predicted octanol–water partition coefficient (Wildman–Crippen LogP) is 5.24. The average Bonchev–Trinajstić information content (AvgIpc) is 3.51. The summed E-state index contributed by atoms with van der Waals surface area (Å²) in [6.07, 6.45) is 1.38. The van der Waals surface area contributed by atoms with Crippen LogP contribution in [0, 0.1) is 10.1 Å². The van der Waals surface area contributed by atoms with E-state index in [2.05, 4.69) is 42.0 Å². The van der Waals surface area contributed by atoms with Crippen LogP contribution in [0.15, 0.2) is 81.5 Å². The largest absolute Gasteiger partial charge is 0.378 e. The summed E-state index contributed by atoms with van der Waals surface area (Å²) in [6, 6.07) is 20.5. The summed E-state index contributed by atoms with van der Waals surface area (Å²) in [5, 5.41) is 26.8. The molecule has 0 saturated heterocycles. The van der Waals surface area contributed by atoms with Gasteiger partial charge in [-0.1, -0.05) is 57.2 Å². The number of nitrogens with one attached hydrogen (secondary N) is 2. The van der Waals surface area contributed by atoms with Crippen LogP contribution in [0.4, 0.5) is 10.7 Å². The minimum absolute atomic E-state index is 0.0115. The van der Waals surface area contributed by atoms with Crippen LogP contribution in [-0.4, -0.2) is 37.1 Å². The molecule has 36 heavy (non-hydrogen) atoms. The SMILES string of the molecule is C[C@@H](Sc1nnc(CNc2ccc(Br)cc2)n1-c1ccccc1)C(=O)N/N=C\c1ccc([N+](=O)[O-])s1. The van der Waals surface area contributed by atoms with Gasteiger partial charge in [0.1, 0.15) is 0 Å². The maximum atomic E-state index is 12.6. The number of rotatable bonds is 10. The highest BCUT2D eigenvalue weighted by Gasteiger charge is 2.21. The Bertz CT molecular complexity index is 1370. The van der Waals surface area contributed by atoms with Gasteiger partial charge in [0.25, 0.3) is 5.91 Å². The molecule has 10 nitrogen and oxygen atoms in total. The molecule has 0 saturated carbocycles. The number of amides is 1. The number of para-hydroxylation sites is 1. The molecule has 0 bridgehead atoms. The lowest BCUT2D eigenvalue weighted by Gasteiger charge is -2.13. The van der Waals surface area contributed by atoms with E-state index >= 15 is 0 Å². The Balaban J connectivity index is 1.45. The predicted molar refractivity (Wildman–Crippen MR) is 145 cm³/mol. The number of halogens is 1. The Hall–Kier alpha value is -3.55. The maximum Gasteiger partial charge on any atom is 0.324 e. The Morgan fingerprint density at radius 3 is 2.64 bits per heavy atom. The molecular formula is C23H20BrN7O3S2. The number of aromatic nitrogens is 3. The Kier molecular flexibility index (Phi) is 8.46. The average molecular weight is 586 g/mol. The smallest absolute Gasteiger partial charge is 0.324 e. The van der Waals surface area contributed by atoms with Crippen LogP contribution in [-0.2, 0) is 11.3 Å². The first kappa shape index (κ1) is 25.5. The number of nitro groups is 1. The highest BCUT2D eigenvalue weighted by atomic mass is 79.9. The number of nitrogens with zero attached hydrogens (tertiary/aromatic N) is 5. The Morgan fingerprint density at radius 1 is 1.19 bits per heavy atom. The number of carbonyl (C=O) groups is 1.